The van der Waals surface area contributed by atoms with Gasteiger partial charge < -0.3 is 19.9 Å². The lowest BCUT2D eigenvalue weighted by Gasteiger charge is -2.29. The van der Waals surface area contributed by atoms with Crippen LogP contribution in [-0.2, 0) is 4.79 Å². The fourth-order valence-electron chi connectivity index (χ4n) is 4.08. The van der Waals surface area contributed by atoms with E-state index < -0.39 is 0 Å². The average molecular weight is 381 g/mol. The van der Waals surface area contributed by atoms with Gasteiger partial charge in [-0.2, -0.15) is 0 Å². The molecule has 7 heteroatoms. The summed E-state index contributed by atoms with van der Waals surface area (Å²) in [5.74, 6) is 1.47. The number of hydrogen-bond donors (Lipinski definition) is 2. The van der Waals surface area contributed by atoms with Crippen LogP contribution in [0.4, 0.5) is 0 Å². The Balaban J connectivity index is 1.45. The number of hydrogen-bond acceptors (Lipinski definition) is 6. The second kappa shape index (κ2) is 6.98. The second-order valence-corrected chi connectivity index (χ2v) is 7.71. The fourth-order valence-corrected chi connectivity index (χ4v) is 4.08. The van der Waals surface area contributed by atoms with Crippen molar-refractivity contribution in [3.63, 3.8) is 0 Å². The third-order valence-electron chi connectivity index (χ3n) is 5.72. The van der Waals surface area contributed by atoms with Crippen molar-refractivity contribution in [1.29, 1.82) is 0 Å². The third-order valence-corrected chi connectivity index (χ3v) is 5.72. The van der Waals surface area contributed by atoms with E-state index in [1.54, 1.807) is 18.5 Å². The summed E-state index contributed by atoms with van der Waals surface area (Å²) < 4.78 is 10.9. The van der Waals surface area contributed by atoms with E-state index in [1.165, 1.54) is 0 Å². The van der Waals surface area contributed by atoms with Gasteiger partial charge in [-0.25, -0.2) is 0 Å². The maximum absolute atomic E-state index is 12.5. The molecule has 5 rings (SSSR count). The van der Waals surface area contributed by atoms with Crippen molar-refractivity contribution in [3.8, 4) is 17.2 Å². The summed E-state index contributed by atoms with van der Waals surface area (Å²) in [5, 5.41) is 13.8. The van der Waals surface area contributed by atoms with Gasteiger partial charge in [-0.15, -0.1) is 0 Å². The van der Waals surface area contributed by atoms with Crippen LogP contribution in [0.25, 0.3) is 0 Å². The van der Waals surface area contributed by atoms with Crippen molar-refractivity contribution in [3.05, 3.63) is 47.8 Å². The first-order valence-electron chi connectivity index (χ1n) is 9.76. The van der Waals surface area contributed by atoms with Crippen LogP contribution in [0, 0.1) is 5.92 Å². The highest BCUT2D eigenvalue weighted by atomic mass is 16.7. The summed E-state index contributed by atoms with van der Waals surface area (Å²) in [7, 11) is 0. The van der Waals surface area contributed by atoms with E-state index in [2.05, 4.69) is 15.2 Å². The van der Waals surface area contributed by atoms with Crippen molar-refractivity contribution in [2.24, 2.45) is 5.92 Å². The van der Waals surface area contributed by atoms with Crippen LogP contribution in [0.5, 0.6) is 17.2 Å². The molecule has 3 aliphatic rings. The number of ether oxygens (including phenoxy) is 2. The first-order valence-corrected chi connectivity index (χ1v) is 9.76. The number of nitrogens with zero attached hydrogens (tertiary/aromatic N) is 2. The molecule has 2 N–H and O–H groups in total. The molecule has 146 valence electrons. The van der Waals surface area contributed by atoms with Crippen molar-refractivity contribution >= 4 is 5.91 Å². The number of likely N-dealkylation sites (tertiary alicyclic amines) is 1. The average Bonchev–Trinajstić information content (AvgIpc) is 3.19. The van der Waals surface area contributed by atoms with Crippen LogP contribution in [0.3, 0.4) is 0 Å². The van der Waals surface area contributed by atoms with Gasteiger partial charge in [0.25, 0.3) is 0 Å². The van der Waals surface area contributed by atoms with E-state index >= 15 is 0 Å². The minimum absolute atomic E-state index is 0.0268. The topological polar surface area (TPSA) is 83.9 Å². The summed E-state index contributed by atoms with van der Waals surface area (Å²) in [4.78, 5) is 18.9. The number of pyridine rings is 1. The van der Waals surface area contributed by atoms with Crippen LogP contribution in [0.15, 0.2) is 36.7 Å². The zero-order valence-corrected chi connectivity index (χ0v) is 15.5. The van der Waals surface area contributed by atoms with E-state index in [0.29, 0.717) is 24.1 Å². The van der Waals surface area contributed by atoms with Gasteiger partial charge in [-0.3, -0.25) is 14.7 Å². The van der Waals surface area contributed by atoms with Crippen molar-refractivity contribution in [2.75, 3.05) is 19.9 Å². The number of rotatable bonds is 5. The molecule has 2 aromatic rings. The molecule has 0 radical (unpaired) electrons. The summed E-state index contributed by atoms with van der Waals surface area (Å²) >= 11 is 0. The van der Waals surface area contributed by atoms with Crippen molar-refractivity contribution in [2.45, 2.75) is 31.3 Å². The zero-order valence-electron chi connectivity index (χ0n) is 15.5. The lowest BCUT2D eigenvalue weighted by molar-refractivity contribution is -0.124. The third kappa shape index (κ3) is 3.26. The molecular weight excluding hydrogens is 358 g/mol. The van der Waals surface area contributed by atoms with Gasteiger partial charge in [0.15, 0.2) is 11.5 Å². The number of aromatic nitrogens is 1. The maximum atomic E-state index is 12.5. The van der Waals surface area contributed by atoms with Gasteiger partial charge in [0, 0.05) is 36.6 Å². The van der Waals surface area contributed by atoms with Crippen LogP contribution in [-0.4, -0.2) is 46.8 Å². The number of nitrogens with one attached hydrogen (secondary N) is 1. The quantitative estimate of drug-likeness (QED) is 0.826. The SMILES string of the molecule is O=C(NC1CC1)[C@@H]1CCN(C(c2ccncc2)c2cc3c(cc2O)OCO3)C1. The van der Waals surface area contributed by atoms with Crippen LogP contribution >= 0.6 is 0 Å². The maximum Gasteiger partial charge on any atom is 0.231 e. The molecule has 1 aromatic heterocycles. The Morgan fingerprint density at radius 2 is 1.93 bits per heavy atom. The molecule has 1 saturated heterocycles. The molecule has 0 bridgehead atoms. The normalized spacial score (nSPS) is 22.2. The van der Waals surface area contributed by atoms with E-state index in [9.17, 15) is 9.90 Å². The number of amides is 1. The summed E-state index contributed by atoms with van der Waals surface area (Å²) in [6.07, 6.45) is 6.49. The Kier molecular flexibility index (Phi) is 4.31. The predicted molar refractivity (Wildman–Crippen MR) is 101 cm³/mol. The lowest BCUT2D eigenvalue weighted by Crippen LogP contribution is -2.35. The highest BCUT2D eigenvalue weighted by Gasteiger charge is 2.37. The Labute approximate surface area is 163 Å². The Hall–Kier alpha value is -2.80. The largest absolute Gasteiger partial charge is 0.507 e. The molecule has 7 nitrogen and oxygen atoms in total. The fraction of sp³-hybridized carbons (Fsp3) is 0.429. The molecule has 1 aromatic carbocycles. The molecule has 2 atom stereocenters. The first-order chi connectivity index (χ1) is 13.7. The number of carbonyl (C=O) groups is 1. The second-order valence-electron chi connectivity index (χ2n) is 7.71. The molecular formula is C21H23N3O4. The van der Waals surface area contributed by atoms with E-state index in [4.69, 9.17) is 9.47 Å². The Bertz CT molecular complexity index is 885. The van der Waals surface area contributed by atoms with Crippen molar-refractivity contribution < 1.29 is 19.4 Å². The van der Waals surface area contributed by atoms with Crippen LogP contribution in [0.1, 0.15) is 36.4 Å². The van der Waals surface area contributed by atoms with E-state index in [-0.39, 0.29) is 30.4 Å². The molecule has 2 fully saturated rings. The Morgan fingerprint density at radius 1 is 1.18 bits per heavy atom. The minimum Gasteiger partial charge on any atom is -0.507 e. The molecule has 1 unspecified atom stereocenters. The summed E-state index contributed by atoms with van der Waals surface area (Å²) in [6, 6.07) is 7.55. The number of benzene rings is 1. The molecule has 1 amide bonds. The van der Waals surface area contributed by atoms with Gasteiger partial charge >= 0.3 is 0 Å². The number of carbonyl (C=O) groups excluding carboxylic acids is 1. The molecule has 1 aliphatic carbocycles. The molecule has 3 heterocycles. The highest BCUT2D eigenvalue weighted by Crippen LogP contribution is 2.44. The highest BCUT2D eigenvalue weighted by molar-refractivity contribution is 5.79. The molecule has 0 spiro atoms. The summed E-state index contributed by atoms with van der Waals surface area (Å²) in [6.45, 7) is 1.59. The first kappa shape index (κ1) is 17.3. The van der Waals surface area contributed by atoms with Gasteiger partial charge in [0.1, 0.15) is 5.75 Å². The smallest absolute Gasteiger partial charge is 0.231 e. The van der Waals surface area contributed by atoms with Crippen LogP contribution in [0.2, 0.25) is 0 Å². The number of phenols is 1. The van der Waals surface area contributed by atoms with E-state index in [0.717, 1.165) is 36.9 Å². The Morgan fingerprint density at radius 3 is 2.68 bits per heavy atom. The van der Waals surface area contributed by atoms with Gasteiger partial charge in [-0.05, 0) is 49.6 Å². The van der Waals surface area contributed by atoms with Gasteiger partial charge in [0.2, 0.25) is 12.7 Å². The van der Waals surface area contributed by atoms with E-state index in [1.807, 2.05) is 18.2 Å². The molecule has 1 saturated carbocycles. The van der Waals surface area contributed by atoms with Crippen LogP contribution < -0.4 is 14.8 Å². The standard InChI is InChI=1S/C21H23N3O4/c25-17-10-19-18(27-12-28-19)9-16(17)20(13-3-6-22-7-4-13)24-8-5-14(11-24)21(26)23-15-1-2-15/h3-4,6-7,9-10,14-15,20,25H,1-2,5,8,11-12H2,(H,23,26)/t14-,20?/m1/s1. The van der Waals surface area contributed by atoms with Gasteiger partial charge in [0.05, 0.1) is 12.0 Å². The van der Waals surface area contributed by atoms with Crippen molar-refractivity contribution in [1.82, 2.24) is 15.2 Å². The number of fused-ring (bicyclic) bond motifs is 1. The molecule has 28 heavy (non-hydrogen) atoms. The zero-order chi connectivity index (χ0) is 19.1. The molecule has 2 aliphatic heterocycles. The number of phenolic OH excluding ortho intramolecular Hbond substituents is 1. The monoisotopic (exact) mass is 381 g/mol. The number of aromatic hydroxyl groups is 1. The summed E-state index contributed by atoms with van der Waals surface area (Å²) in [5.41, 5.74) is 1.77. The predicted octanol–water partition coefficient (Wildman–Crippen LogP) is 2.21. The minimum atomic E-state index is -0.184. The van der Waals surface area contributed by atoms with Gasteiger partial charge in [-0.1, -0.05) is 0 Å². The lowest BCUT2D eigenvalue weighted by atomic mass is 9.96.